The van der Waals surface area contributed by atoms with Crippen molar-refractivity contribution in [3.05, 3.63) is 0 Å². The van der Waals surface area contributed by atoms with E-state index in [0.29, 0.717) is 0 Å². The monoisotopic (exact) mass is 233 g/mol. The summed E-state index contributed by atoms with van der Waals surface area (Å²) in [5.74, 6) is 1.04. The largest absolute Gasteiger partial charge is 0.213 e. The van der Waals surface area contributed by atoms with Gasteiger partial charge in [0.2, 0.25) is 10.0 Å². The summed E-state index contributed by atoms with van der Waals surface area (Å²) in [6.45, 7) is 3.93. The molecule has 90 valence electrons. The van der Waals surface area contributed by atoms with Crippen molar-refractivity contribution in [2.45, 2.75) is 52.0 Å². The van der Waals surface area contributed by atoms with Gasteiger partial charge in [-0.3, -0.25) is 0 Å². The first-order chi connectivity index (χ1) is 7.01. The fourth-order valence-corrected chi connectivity index (χ4v) is 3.42. The first kappa shape index (κ1) is 13.0. The van der Waals surface area contributed by atoms with Crippen LogP contribution in [0.25, 0.3) is 0 Å². The highest BCUT2D eigenvalue weighted by Gasteiger charge is 2.28. The summed E-state index contributed by atoms with van der Waals surface area (Å²) >= 11 is 0. The summed E-state index contributed by atoms with van der Waals surface area (Å²) in [6.07, 6.45) is 5.68. The Balaban J connectivity index is 2.53. The quantitative estimate of drug-likeness (QED) is 0.747. The molecule has 1 saturated carbocycles. The van der Waals surface area contributed by atoms with Gasteiger partial charge in [-0.2, -0.15) is 0 Å². The van der Waals surface area contributed by atoms with Crippen LogP contribution in [0.5, 0.6) is 0 Å². The highest BCUT2D eigenvalue weighted by molar-refractivity contribution is 7.89. The summed E-state index contributed by atoms with van der Waals surface area (Å²) in [7, 11) is -1.26. The molecular weight excluding hydrogens is 210 g/mol. The molecule has 1 aliphatic carbocycles. The molecule has 0 aromatic heterocycles. The van der Waals surface area contributed by atoms with E-state index >= 15 is 0 Å². The topological polar surface area (TPSA) is 37.4 Å². The van der Waals surface area contributed by atoms with E-state index in [2.05, 4.69) is 6.92 Å². The first-order valence-corrected chi connectivity index (χ1v) is 7.57. The molecule has 1 rings (SSSR count). The van der Waals surface area contributed by atoms with Gasteiger partial charge in [0.15, 0.2) is 0 Å². The van der Waals surface area contributed by atoms with Crippen molar-refractivity contribution in [1.82, 2.24) is 4.31 Å². The highest BCUT2D eigenvalue weighted by Crippen LogP contribution is 2.29. The highest BCUT2D eigenvalue weighted by atomic mass is 32.2. The van der Waals surface area contributed by atoms with Crippen LogP contribution in [0, 0.1) is 5.92 Å². The molecule has 1 aliphatic rings. The predicted molar refractivity (Wildman–Crippen MR) is 63.3 cm³/mol. The van der Waals surface area contributed by atoms with Crippen molar-refractivity contribution in [2.75, 3.05) is 12.8 Å². The van der Waals surface area contributed by atoms with Gasteiger partial charge in [-0.15, -0.1) is 0 Å². The lowest BCUT2D eigenvalue weighted by molar-refractivity contribution is 0.233. The maximum Gasteiger partial charge on any atom is 0.213 e. The molecule has 0 aromatic rings. The molecule has 0 radical (unpaired) electrons. The summed E-state index contributed by atoms with van der Waals surface area (Å²) < 4.78 is 24.9. The lowest BCUT2D eigenvalue weighted by Gasteiger charge is -2.33. The van der Waals surface area contributed by atoms with Crippen LogP contribution >= 0.6 is 0 Å². The van der Waals surface area contributed by atoms with E-state index in [4.69, 9.17) is 0 Å². The van der Waals surface area contributed by atoms with Gasteiger partial charge in [0.1, 0.15) is 0 Å². The molecule has 0 spiro atoms. The molecule has 0 aliphatic heterocycles. The molecule has 0 bridgehead atoms. The average Bonchev–Trinajstić information content (AvgIpc) is 2.28. The summed E-state index contributed by atoms with van der Waals surface area (Å²) in [6, 6.07) is 0.248. The molecule has 3 nitrogen and oxygen atoms in total. The van der Waals surface area contributed by atoms with E-state index in [1.54, 1.807) is 18.3 Å². The van der Waals surface area contributed by atoms with Gasteiger partial charge in [0.25, 0.3) is 0 Å². The minimum absolute atomic E-state index is 0.219. The van der Waals surface area contributed by atoms with Crippen molar-refractivity contribution < 1.29 is 8.42 Å². The van der Waals surface area contributed by atoms with E-state index in [1.807, 2.05) is 0 Å². The Labute approximate surface area is 93.9 Å². The number of hydrogen-bond acceptors (Lipinski definition) is 2. The minimum atomic E-state index is -2.99. The van der Waals surface area contributed by atoms with Gasteiger partial charge >= 0.3 is 0 Å². The van der Waals surface area contributed by atoms with E-state index in [1.165, 1.54) is 19.3 Å². The second-order valence-corrected chi connectivity index (χ2v) is 6.82. The summed E-state index contributed by atoms with van der Waals surface area (Å²) in [4.78, 5) is 0. The van der Waals surface area contributed by atoms with E-state index in [9.17, 15) is 8.42 Å². The van der Waals surface area contributed by atoms with Gasteiger partial charge in [-0.1, -0.05) is 13.3 Å². The van der Waals surface area contributed by atoms with Gasteiger partial charge in [-0.25, -0.2) is 12.7 Å². The Bertz CT molecular complexity index is 279. The van der Waals surface area contributed by atoms with Crippen LogP contribution < -0.4 is 0 Å². The first-order valence-electron chi connectivity index (χ1n) is 5.97. The molecule has 1 fully saturated rings. The third-order valence-electron chi connectivity index (χ3n) is 3.71. The Hall–Kier alpha value is -0.0900. The number of sulfonamides is 1. The van der Waals surface area contributed by atoms with Crippen LogP contribution in [-0.4, -0.2) is 31.6 Å². The van der Waals surface area contributed by atoms with Crippen molar-refractivity contribution in [2.24, 2.45) is 5.92 Å². The molecule has 0 saturated heterocycles. The zero-order valence-corrected chi connectivity index (χ0v) is 10.9. The predicted octanol–water partition coefficient (Wildman–Crippen LogP) is 2.24. The Morgan fingerprint density at radius 2 is 1.67 bits per heavy atom. The van der Waals surface area contributed by atoms with Crippen LogP contribution in [0.1, 0.15) is 46.0 Å². The van der Waals surface area contributed by atoms with Gasteiger partial charge in [-0.05, 0) is 38.5 Å². The van der Waals surface area contributed by atoms with Gasteiger partial charge in [0.05, 0.1) is 5.75 Å². The van der Waals surface area contributed by atoms with Crippen LogP contribution in [0.15, 0.2) is 0 Å². The zero-order chi connectivity index (χ0) is 11.5. The Morgan fingerprint density at radius 3 is 2.07 bits per heavy atom. The summed E-state index contributed by atoms with van der Waals surface area (Å²) in [5, 5.41) is 0. The van der Waals surface area contributed by atoms with Crippen molar-refractivity contribution in [1.29, 1.82) is 0 Å². The molecule has 0 amide bonds. The van der Waals surface area contributed by atoms with Crippen molar-refractivity contribution in [3.63, 3.8) is 0 Å². The maximum atomic E-state index is 11.7. The second kappa shape index (κ2) is 5.30. The van der Waals surface area contributed by atoms with Gasteiger partial charge < -0.3 is 0 Å². The molecular formula is C11H23NO2S. The molecule has 0 N–H and O–H groups in total. The SMILES string of the molecule is CCC1CCC(N(C)S(=O)(=O)CC)CC1. The van der Waals surface area contributed by atoms with Crippen LogP contribution in [-0.2, 0) is 10.0 Å². The smallest absolute Gasteiger partial charge is 0.212 e. The Morgan fingerprint density at radius 1 is 1.13 bits per heavy atom. The van der Waals surface area contributed by atoms with E-state index < -0.39 is 10.0 Å². The second-order valence-electron chi connectivity index (χ2n) is 4.50. The maximum absolute atomic E-state index is 11.7. The molecule has 4 heteroatoms. The standard InChI is InChI=1S/C11H23NO2S/c1-4-10-6-8-11(9-7-10)12(3)15(13,14)5-2/h10-11H,4-9H2,1-3H3. The van der Waals surface area contributed by atoms with Crippen molar-refractivity contribution >= 4 is 10.0 Å². The normalized spacial score (nSPS) is 28.3. The zero-order valence-electron chi connectivity index (χ0n) is 10.1. The van der Waals surface area contributed by atoms with Gasteiger partial charge in [0, 0.05) is 13.1 Å². The lowest BCUT2D eigenvalue weighted by Crippen LogP contribution is -2.40. The fourth-order valence-electron chi connectivity index (χ4n) is 2.35. The third kappa shape index (κ3) is 3.18. The number of hydrogen-bond donors (Lipinski definition) is 0. The van der Waals surface area contributed by atoms with E-state index in [0.717, 1.165) is 18.8 Å². The third-order valence-corrected chi connectivity index (χ3v) is 5.62. The van der Waals surface area contributed by atoms with Crippen LogP contribution in [0.3, 0.4) is 0 Å². The average molecular weight is 233 g/mol. The van der Waals surface area contributed by atoms with Crippen LogP contribution in [0.2, 0.25) is 0 Å². The Kier molecular flexibility index (Phi) is 4.59. The lowest BCUT2D eigenvalue weighted by atomic mass is 9.85. The fraction of sp³-hybridized carbons (Fsp3) is 1.00. The number of nitrogens with zero attached hydrogens (tertiary/aromatic N) is 1. The molecule has 0 aromatic carbocycles. The number of rotatable bonds is 4. The minimum Gasteiger partial charge on any atom is -0.212 e. The van der Waals surface area contributed by atoms with E-state index in [-0.39, 0.29) is 11.8 Å². The molecule has 15 heavy (non-hydrogen) atoms. The van der Waals surface area contributed by atoms with Crippen LogP contribution in [0.4, 0.5) is 0 Å². The molecule has 0 atom stereocenters. The molecule has 0 unspecified atom stereocenters. The molecule has 0 heterocycles. The summed E-state index contributed by atoms with van der Waals surface area (Å²) in [5.41, 5.74) is 0. The van der Waals surface area contributed by atoms with Crippen molar-refractivity contribution in [3.8, 4) is 0 Å².